The molecule has 1 aromatic heterocycles. The molecule has 0 saturated heterocycles. The average Bonchev–Trinajstić information content (AvgIpc) is 2.94. The van der Waals surface area contributed by atoms with Crippen LogP contribution in [0.25, 0.3) is 0 Å². The van der Waals surface area contributed by atoms with Gasteiger partial charge in [0.25, 0.3) is 0 Å². The van der Waals surface area contributed by atoms with Crippen LogP contribution in [0.3, 0.4) is 0 Å². The lowest BCUT2D eigenvalue weighted by atomic mass is 9.95. The molecule has 140 valence electrons. The summed E-state index contributed by atoms with van der Waals surface area (Å²) < 4.78 is 54.3. The van der Waals surface area contributed by atoms with E-state index in [1.54, 1.807) is 0 Å². The van der Waals surface area contributed by atoms with Crippen LogP contribution in [0.1, 0.15) is 33.6 Å². The van der Waals surface area contributed by atoms with Crippen molar-refractivity contribution >= 4 is 28.3 Å². The fourth-order valence-electron chi connectivity index (χ4n) is 2.76. The van der Waals surface area contributed by atoms with Crippen molar-refractivity contribution in [3.63, 3.8) is 0 Å². The number of carbonyl (C=O) groups is 2. The number of alkyl halides is 3. The Morgan fingerprint density at radius 2 is 1.72 bits per heavy atom. The normalized spacial score (nSPS) is 16.6. The molecule has 25 heavy (non-hydrogen) atoms. The number of aryl methyl sites for hydroxylation is 1. The monoisotopic (exact) mass is 381 g/mol. The van der Waals surface area contributed by atoms with Crippen molar-refractivity contribution < 1.29 is 37.0 Å². The van der Waals surface area contributed by atoms with Gasteiger partial charge in [0.1, 0.15) is 5.00 Å². The largest absolute Gasteiger partial charge is 0.465 e. The van der Waals surface area contributed by atoms with E-state index in [2.05, 4.69) is 14.8 Å². The Kier molecular flexibility index (Phi) is 5.62. The summed E-state index contributed by atoms with van der Waals surface area (Å²) >= 11 is 0.992. The molecule has 0 saturated carbocycles. The van der Waals surface area contributed by atoms with Gasteiger partial charge in [0.2, 0.25) is 0 Å². The molecule has 0 bridgehead atoms. The molecule has 0 spiro atoms. The summed E-state index contributed by atoms with van der Waals surface area (Å²) in [6.45, 7) is 0. The SMILES string of the molecule is COC(=O)c1c(N[C@](OC)(C(=O)OC)C(F)(F)F)sc2c1CCCC2. The van der Waals surface area contributed by atoms with E-state index in [4.69, 9.17) is 4.74 Å². The predicted molar refractivity (Wildman–Crippen MR) is 83.7 cm³/mol. The van der Waals surface area contributed by atoms with Crippen molar-refractivity contribution in [2.24, 2.45) is 0 Å². The first-order valence-electron chi connectivity index (χ1n) is 7.43. The van der Waals surface area contributed by atoms with Gasteiger partial charge in [-0.3, -0.25) is 0 Å². The molecule has 0 fully saturated rings. The van der Waals surface area contributed by atoms with E-state index < -0.39 is 23.8 Å². The number of anilines is 1. The number of halogens is 3. The number of rotatable bonds is 5. The highest BCUT2D eigenvalue weighted by atomic mass is 32.1. The molecule has 2 rings (SSSR count). The van der Waals surface area contributed by atoms with Gasteiger partial charge in [-0.15, -0.1) is 11.3 Å². The van der Waals surface area contributed by atoms with Crippen molar-refractivity contribution in [1.82, 2.24) is 0 Å². The number of thiophene rings is 1. The number of nitrogens with one attached hydrogen (secondary N) is 1. The van der Waals surface area contributed by atoms with Crippen LogP contribution in [0, 0.1) is 0 Å². The van der Waals surface area contributed by atoms with Gasteiger partial charge in [0, 0.05) is 12.0 Å². The number of fused-ring (bicyclic) bond motifs is 1. The van der Waals surface area contributed by atoms with E-state index in [1.807, 2.05) is 0 Å². The van der Waals surface area contributed by atoms with E-state index in [0.717, 1.165) is 50.4 Å². The second-order valence-electron chi connectivity index (χ2n) is 5.41. The fourth-order valence-corrected chi connectivity index (χ4v) is 4.09. The molecule has 1 aliphatic rings. The minimum atomic E-state index is -5.12. The third-order valence-corrected chi connectivity index (χ3v) is 5.24. The Hall–Kier alpha value is -1.81. The van der Waals surface area contributed by atoms with Crippen molar-refractivity contribution in [2.45, 2.75) is 37.6 Å². The van der Waals surface area contributed by atoms with Crippen LogP contribution >= 0.6 is 11.3 Å². The molecule has 1 atom stereocenters. The maximum atomic E-state index is 13.6. The zero-order chi connectivity index (χ0) is 18.8. The maximum absolute atomic E-state index is 13.6. The Morgan fingerprint density at radius 1 is 1.08 bits per heavy atom. The summed E-state index contributed by atoms with van der Waals surface area (Å²) in [5.41, 5.74) is -2.75. The second-order valence-corrected chi connectivity index (χ2v) is 6.51. The lowest BCUT2D eigenvalue weighted by Gasteiger charge is -2.32. The van der Waals surface area contributed by atoms with E-state index >= 15 is 0 Å². The zero-order valence-electron chi connectivity index (χ0n) is 13.9. The molecule has 1 N–H and O–H groups in total. The smallest absolute Gasteiger partial charge is 0.448 e. The zero-order valence-corrected chi connectivity index (χ0v) is 14.7. The fraction of sp³-hybridized carbons (Fsp3) is 0.600. The number of methoxy groups -OCH3 is 3. The summed E-state index contributed by atoms with van der Waals surface area (Å²) in [5.74, 6) is -2.43. The summed E-state index contributed by atoms with van der Waals surface area (Å²) in [6, 6.07) is 0. The highest BCUT2D eigenvalue weighted by Gasteiger charge is 2.64. The van der Waals surface area contributed by atoms with Gasteiger partial charge >= 0.3 is 23.8 Å². The highest BCUT2D eigenvalue weighted by molar-refractivity contribution is 7.16. The standard InChI is InChI=1S/C15H18F3NO5S/c1-22-12(20)10-8-6-4-5-7-9(8)25-11(10)19-14(24-3,13(21)23-2)15(16,17)18/h19H,4-7H2,1-3H3/t14-/m0/s1. The van der Waals surface area contributed by atoms with Gasteiger partial charge < -0.3 is 19.5 Å². The molecule has 1 aliphatic carbocycles. The first kappa shape index (κ1) is 19.5. The number of ether oxygens (including phenoxy) is 3. The summed E-state index contributed by atoms with van der Waals surface area (Å²) in [5, 5.41) is 1.95. The first-order chi connectivity index (χ1) is 11.7. The molecule has 1 heterocycles. The van der Waals surface area contributed by atoms with E-state index in [-0.39, 0.29) is 10.6 Å². The number of hydrogen-bond donors (Lipinski definition) is 1. The number of carbonyl (C=O) groups excluding carboxylic acids is 2. The lowest BCUT2D eigenvalue weighted by molar-refractivity contribution is -0.259. The van der Waals surface area contributed by atoms with Gasteiger partial charge in [-0.05, 0) is 31.2 Å². The lowest BCUT2D eigenvalue weighted by Crippen LogP contribution is -2.60. The van der Waals surface area contributed by atoms with Crippen molar-refractivity contribution in [1.29, 1.82) is 0 Å². The average molecular weight is 381 g/mol. The summed E-state index contributed by atoms with van der Waals surface area (Å²) in [4.78, 5) is 24.8. The van der Waals surface area contributed by atoms with Crippen LogP contribution < -0.4 is 5.32 Å². The first-order valence-corrected chi connectivity index (χ1v) is 8.24. The van der Waals surface area contributed by atoms with Crippen molar-refractivity contribution in [3.8, 4) is 0 Å². The molecule has 0 radical (unpaired) electrons. The van der Waals surface area contributed by atoms with E-state index in [0.29, 0.717) is 18.4 Å². The van der Waals surface area contributed by atoms with Crippen LogP contribution in [0.5, 0.6) is 0 Å². The molecule has 6 nitrogen and oxygen atoms in total. The molecule has 10 heteroatoms. The third kappa shape index (κ3) is 3.32. The van der Waals surface area contributed by atoms with Crippen LogP contribution in [-0.2, 0) is 31.8 Å². The Balaban J connectivity index is 2.58. The van der Waals surface area contributed by atoms with Gasteiger partial charge in [0.05, 0.1) is 19.8 Å². The Labute approximate surface area is 146 Å². The molecule has 0 aliphatic heterocycles. The van der Waals surface area contributed by atoms with Crippen LogP contribution in [-0.4, -0.2) is 45.2 Å². The minimum absolute atomic E-state index is 0.0109. The molecule has 1 aromatic rings. The minimum Gasteiger partial charge on any atom is -0.465 e. The number of esters is 2. The topological polar surface area (TPSA) is 73.9 Å². The van der Waals surface area contributed by atoms with Gasteiger partial charge in [-0.1, -0.05) is 0 Å². The maximum Gasteiger partial charge on any atom is 0.448 e. The third-order valence-electron chi connectivity index (χ3n) is 4.03. The van der Waals surface area contributed by atoms with Crippen LogP contribution in [0.4, 0.5) is 18.2 Å². The van der Waals surface area contributed by atoms with Gasteiger partial charge in [0.15, 0.2) is 0 Å². The Morgan fingerprint density at radius 3 is 2.24 bits per heavy atom. The van der Waals surface area contributed by atoms with Crippen molar-refractivity contribution in [3.05, 3.63) is 16.0 Å². The van der Waals surface area contributed by atoms with Crippen LogP contribution in [0.2, 0.25) is 0 Å². The quantitative estimate of drug-likeness (QED) is 0.625. The van der Waals surface area contributed by atoms with Crippen molar-refractivity contribution in [2.75, 3.05) is 26.6 Å². The molecule has 0 amide bonds. The van der Waals surface area contributed by atoms with Gasteiger partial charge in [-0.25, -0.2) is 9.59 Å². The molecular weight excluding hydrogens is 363 g/mol. The summed E-state index contributed by atoms with van der Waals surface area (Å²) in [6.07, 6.45) is -2.22. The molecule has 0 aromatic carbocycles. The second kappa shape index (κ2) is 7.20. The van der Waals surface area contributed by atoms with E-state index in [9.17, 15) is 22.8 Å². The number of hydrogen-bond acceptors (Lipinski definition) is 7. The summed E-state index contributed by atoms with van der Waals surface area (Å²) in [7, 11) is 2.71. The Bertz CT molecular complexity index is 673. The van der Waals surface area contributed by atoms with E-state index in [1.165, 1.54) is 0 Å². The highest BCUT2D eigenvalue weighted by Crippen LogP contribution is 2.43. The molecular formula is C15H18F3NO5S. The molecule has 0 unspecified atom stereocenters. The van der Waals surface area contributed by atoms with Crippen LogP contribution in [0.15, 0.2) is 0 Å². The predicted octanol–water partition coefficient (Wildman–Crippen LogP) is 2.90. The van der Waals surface area contributed by atoms with Gasteiger partial charge in [-0.2, -0.15) is 13.2 Å².